The standard InChI is InChI=1S/C6H7NO.C5H6O.CH4/c1-5-3-4-6(8)7(5)2;1-5-3-2-4-6-5;/h3-4H,1H2,2H3;2-4H,1H3;1H4. The Morgan fingerprint density at radius 1 is 1.40 bits per heavy atom. The summed E-state index contributed by atoms with van der Waals surface area (Å²) >= 11 is 0. The molecule has 0 saturated heterocycles. The second-order valence-electron chi connectivity index (χ2n) is 2.95. The summed E-state index contributed by atoms with van der Waals surface area (Å²) in [6, 6.07) is 3.79. The van der Waals surface area contributed by atoms with Gasteiger partial charge >= 0.3 is 0 Å². The van der Waals surface area contributed by atoms with Crippen molar-refractivity contribution in [2.75, 3.05) is 7.05 Å². The van der Waals surface area contributed by atoms with Crippen LogP contribution in [0.3, 0.4) is 0 Å². The number of furan rings is 1. The number of hydrogen-bond donors (Lipinski definition) is 0. The molecule has 0 bridgehead atoms. The third-order valence-electron chi connectivity index (χ3n) is 1.84. The third-order valence-corrected chi connectivity index (χ3v) is 1.84. The maximum Gasteiger partial charge on any atom is 0.250 e. The topological polar surface area (TPSA) is 33.5 Å². The number of carbonyl (C=O) groups excluding carboxylic acids is 1. The van der Waals surface area contributed by atoms with Gasteiger partial charge in [-0.3, -0.25) is 4.79 Å². The van der Waals surface area contributed by atoms with Gasteiger partial charge in [0.05, 0.1) is 6.26 Å². The highest BCUT2D eigenvalue weighted by Gasteiger charge is 2.11. The number of nitrogens with zero attached hydrogens (tertiary/aromatic N) is 1. The van der Waals surface area contributed by atoms with Crippen molar-refractivity contribution in [3.8, 4) is 0 Å². The fraction of sp³-hybridized carbons (Fsp3) is 0.250. The van der Waals surface area contributed by atoms with Crippen LogP contribution in [0.2, 0.25) is 0 Å². The molecule has 15 heavy (non-hydrogen) atoms. The zero-order chi connectivity index (χ0) is 10.6. The van der Waals surface area contributed by atoms with Gasteiger partial charge in [0.25, 0.3) is 5.91 Å². The summed E-state index contributed by atoms with van der Waals surface area (Å²) < 4.78 is 4.83. The molecule has 0 atom stereocenters. The Balaban J connectivity index is 0.000000253. The smallest absolute Gasteiger partial charge is 0.250 e. The summed E-state index contributed by atoms with van der Waals surface area (Å²) in [6.45, 7) is 5.52. The Labute approximate surface area is 90.7 Å². The van der Waals surface area contributed by atoms with E-state index >= 15 is 0 Å². The molecule has 0 saturated carbocycles. The molecule has 3 heteroatoms. The fourth-order valence-corrected chi connectivity index (χ4v) is 0.893. The molecular weight excluding hydrogens is 190 g/mol. The van der Waals surface area contributed by atoms with Crippen molar-refractivity contribution in [2.45, 2.75) is 14.4 Å². The summed E-state index contributed by atoms with van der Waals surface area (Å²) in [6.07, 6.45) is 4.86. The Bertz CT molecular complexity index is 332. The molecule has 2 rings (SSSR count). The molecule has 2 heterocycles. The van der Waals surface area contributed by atoms with E-state index in [1.54, 1.807) is 19.4 Å². The van der Waals surface area contributed by atoms with Crippen LogP contribution in [0.4, 0.5) is 0 Å². The van der Waals surface area contributed by atoms with Crippen LogP contribution in [0.15, 0.2) is 47.2 Å². The van der Waals surface area contributed by atoms with Gasteiger partial charge in [-0.15, -0.1) is 0 Å². The van der Waals surface area contributed by atoms with Gasteiger partial charge in [0.15, 0.2) is 0 Å². The Hall–Kier alpha value is -1.77. The maximum atomic E-state index is 10.6. The van der Waals surface area contributed by atoms with Crippen LogP contribution >= 0.6 is 0 Å². The first-order valence-electron chi connectivity index (χ1n) is 4.26. The summed E-state index contributed by atoms with van der Waals surface area (Å²) in [5.41, 5.74) is 0.759. The second kappa shape index (κ2) is 5.86. The minimum atomic E-state index is 0. The van der Waals surface area contributed by atoms with Gasteiger partial charge in [-0.25, -0.2) is 0 Å². The van der Waals surface area contributed by atoms with E-state index in [0.29, 0.717) is 0 Å². The van der Waals surface area contributed by atoms with Gasteiger partial charge < -0.3 is 9.32 Å². The molecule has 0 aromatic carbocycles. The molecule has 0 fully saturated rings. The van der Waals surface area contributed by atoms with Gasteiger partial charge in [0.1, 0.15) is 5.76 Å². The predicted molar refractivity (Wildman–Crippen MR) is 61.2 cm³/mol. The van der Waals surface area contributed by atoms with Crippen molar-refractivity contribution >= 4 is 5.91 Å². The van der Waals surface area contributed by atoms with E-state index in [1.165, 1.54) is 11.0 Å². The highest BCUT2D eigenvalue weighted by molar-refractivity contribution is 5.92. The van der Waals surface area contributed by atoms with E-state index in [4.69, 9.17) is 4.42 Å². The van der Waals surface area contributed by atoms with Crippen LogP contribution < -0.4 is 0 Å². The van der Waals surface area contributed by atoms with E-state index in [1.807, 2.05) is 19.1 Å². The fourth-order valence-electron chi connectivity index (χ4n) is 0.893. The van der Waals surface area contributed by atoms with Crippen LogP contribution in [-0.2, 0) is 4.79 Å². The number of allylic oxidation sites excluding steroid dienone is 1. The van der Waals surface area contributed by atoms with E-state index in [-0.39, 0.29) is 13.3 Å². The Morgan fingerprint density at radius 3 is 2.20 bits per heavy atom. The molecule has 82 valence electrons. The lowest BCUT2D eigenvalue weighted by molar-refractivity contribution is -0.122. The first kappa shape index (κ1) is 13.2. The van der Waals surface area contributed by atoms with E-state index in [9.17, 15) is 4.79 Å². The number of likely N-dealkylation sites (N-methyl/N-ethyl adjacent to an activating group) is 1. The van der Waals surface area contributed by atoms with E-state index < -0.39 is 0 Å². The monoisotopic (exact) mass is 207 g/mol. The number of aryl methyl sites for hydroxylation is 1. The molecule has 0 radical (unpaired) electrons. The first-order chi connectivity index (χ1) is 6.61. The Kier molecular flexibility index (Phi) is 5.16. The third kappa shape index (κ3) is 3.85. The van der Waals surface area contributed by atoms with Crippen LogP contribution in [0, 0.1) is 6.92 Å². The molecule has 1 aromatic rings. The van der Waals surface area contributed by atoms with Gasteiger partial charge in [-0.05, 0) is 25.1 Å². The molecule has 1 aliphatic rings. The zero-order valence-electron chi connectivity index (χ0n) is 8.36. The van der Waals surface area contributed by atoms with Crippen molar-refractivity contribution < 1.29 is 9.21 Å². The minimum Gasteiger partial charge on any atom is -0.470 e. The first-order valence-corrected chi connectivity index (χ1v) is 4.26. The van der Waals surface area contributed by atoms with Gasteiger partial charge in [0.2, 0.25) is 0 Å². The Morgan fingerprint density at radius 2 is 2.07 bits per heavy atom. The van der Waals surface area contributed by atoms with Crippen LogP contribution in [0.1, 0.15) is 13.2 Å². The summed E-state index contributed by atoms with van der Waals surface area (Å²) in [5, 5.41) is 0. The SMILES string of the molecule is C.C=C1C=CC(=O)N1C.Cc1ccco1. The van der Waals surface area contributed by atoms with Crippen LogP contribution in [0.25, 0.3) is 0 Å². The molecule has 0 N–H and O–H groups in total. The zero-order valence-corrected chi connectivity index (χ0v) is 8.36. The quantitative estimate of drug-likeness (QED) is 0.655. The summed E-state index contributed by atoms with van der Waals surface area (Å²) in [4.78, 5) is 12.1. The van der Waals surface area contributed by atoms with Gasteiger partial charge in [-0.1, -0.05) is 14.0 Å². The van der Waals surface area contributed by atoms with Gasteiger partial charge in [-0.2, -0.15) is 0 Å². The minimum absolute atomic E-state index is 0. The van der Waals surface area contributed by atoms with Crippen molar-refractivity contribution in [3.63, 3.8) is 0 Å². The molecule has 1 aromatic heterocycles. The van der Waals surface area contributed by atoms with Gasteiger partial charge in [0, 0.05) is 18.8 Å². The molecule has 0 unspecified atom stereocenters. The number of carbonyl (C=O) groups is 1. The average molecular weight is 207 g/mol. The molecule has 0 aliphatic carbocycles. The average Bonchev–Trinajstić information content (AvgIpc) is 2.73. The van der Waals surface area contributed by atoms with Crippen molar-refractivity contribution in [3.05, 3.63) is 48.6 Å². The largest absolute Gasteiger partial charge is 0.470 e. The highest BCUT2D eigenvalue weighted by atomic mass is 16.3. The van der Waals surface area contributed by atoms with Crippen molar-refractivity contribution in [1.82, 2.24) is 4.90 Å². The van der Waals surface area contributed by atoms with E-state index in [0.717, 1.165) is 11.5 Å². The van der Waals surface area contributed by atoms with Crippen LogP contribution in [0.5, 0.6) is 0 Å². The summed E-state index contributed by atoms with van der Waals surface area (Å²) in [5.74, 6) is 0.977. The normalized spacial score (nSPS) is 13.3. The lowest BCUT2D eigenvalue weighted by Crippen LogP contribution is -2.16. The second-order valence-corrected chi connectivity index (χ2v) is 2.95. The molecule has 1 amide bonds. The lowest BCUT2D eigenvalue weighted by atomic mass is 10.5. The number of amides is 1. The number of hydrogen-bond acceptors (Lipinski definition) is 2. The molecule has 3 nitrogen and oxygen atoms in total. The van der Waals surface area contributed by atoms with Crippen LogP contribution in [-0.4, -0.2) is 17.9 Å². The molecule has 1 aliphatic heterocycles. The molecular formula is C12H17NO2. The highest BCUT2D eigenvalue weighted by Crippen LogP contribution is 2.07. The number of rotatable bonds is 0. The van der Waals surface area contributed by atoms with E-state index in [2.05, 4.69) is 6.58 Å². The predicted octanol–water partition coefficient (Wildman–Crippen LogP) is 2.75. The molecule has 0 spiro atoms. The van der Waals surface area contributed by atoms with Crippen molar-refractivity contribution in [1.29, 1.82) is 0 Å². The lowest BCUT2D eigenvalue weighted by Gasteiger charge is -2.06. The maximum absolute atomic E-state index is 10.6. The van der Waals surface area contributed by atoms with Crippen molar-refractivity contribution in [2.24, 2.45) is 0 Å². The summed E-state index contributed by atoms with van der Waals surface area (Å²) in [7, 11) is 1.70.